The van der Waals surface area contributed by atoms with E-state index in [9.17, 15) is 45.0 Å². The lowest BCUT2D eigenvalue weighted by Gasteiger charge is -2.41. The molecule has 15 heteroatoms. The molecule has 4 heterocycles. The molecule has 0 spiro atoms. The second-order valence-electron chi connectivity index (χ2n) is 14.3. The lowest BCUT2D eigenvalue weighted by Crippen LogP contribution is -2.62. The van der Waals surface area contributed by atoms with Crippen molar-refractivity contribution in [3.63, 3.8) is 0 Å². The van der Waals surface area contributed by atoms with Crippen LogP contribution in [-0.2, 0) is 39.9 Å². The van der Waals surface area contributed by atoms with Crippen molar-refractivity contribution in [3.05, 3.63) is 21.7 Å². The summed E-state index contributed by atoms with van der Waals surface area (Å²) in [5.74, 6) is -2.56. The Morgan fingerprint density at radius 2 is 1.73 bits per heavy atom. The number of rotatable bonds is 7. The first kappa shape index (κ1) is 39.6. The number of ether oxygens (including phenoxy) is 4. The summed E-state index contributed by atoms with van der Waals surface area (Å²) in [6.45, 7) is 9.42. The molecule has 0 amide bonds. The van der Waals surface area contributed by atoms with Crippen LogP contribution >= 0.6 is 11.3 Å². The monoisotopic (exact) mass is 713 g/mol. The van der Waals surface area contributed by atoms with Crippen molar-refractivity contribution in [3.8, 4) is 0 Å². The highest BCUT2D eigenvalue weighted by Gasteiger charge is 2.48. The molecule has 14 nitrogen and oxygen atoms in total. The van der Waals surface area contributed by atoms with E-state index in [1.807, 2.05) is 6.92 Å². The maximum absolute atomic E-state index is 13.3. The number of Topliss-reactive ketones (excluding diaryl/α,β-unsaturated/α-hetero) is 2. The Bertz CT molecular complexity index is 1350. The van der Waals surface area contributed by atoms with Gasteiger partial charge in [0, 0.05) is 17.7 Å². The first-order chi connectivity index (χ1) is 22.9. The van der Waals surface area contributed by atoms with Crippen molar-refractivity contribution >= 4 is 34.9 Å². The molecule has 0 aliphatic carbocycles. The zero-order valence-electron chi connectivity index (χ0n) is 28.8. The Hall–Kier alpha value is -2.18. The van der Waals surface area contributed by atoms with Crippen molar-refractivity contribution in [2.75, 3.05) is 0 Å². The molecule has 0 aromatic carbocycles. The second kappa shape index (κ2) is 16.4. The van der Waals surface area contributed by atoms with Gasteiger partial charge in [-0.05, 0) is 44.3 Å². The minimum absolute atomic E-state index is 0.0222. The quantitative estimate of drug-likeness (QED) is 0.172. The van der Waals surface area contributed by atoms with Crippen molar-refractivity contribution < 1.29 is 64.0 Å². The fraction of sp³-hybridized carbons (Fsp3) is 0.765. The molecule has 3 aliphatic heterocycles. The number of cyclic esters (lactones) is 1. The second-order valence-corrected chi connectivity index (χ2v) is 15.2. The number of carbonyl (C=O) groups is 3. The molecule has 0 saturated carbocycles. The molecule has 13 atom stereocenters. The van der Waals surface area contributed by atoms with E-state index in [0.717, 1.165) is 19.8 Å². The number of ketones is 2. The van der Waals surface area contributed by atoms with Gasteiger partial charge >= 0.3 is 5.97 Å². The summed E-state index contributed by atoms with van der Waals surface area (Å²) in [4.78, 5) is 42.6. The van der Waals surface area contributed by atoms with Crippen LogP contribution < -0.4 is 0 Å². The number of fused-ring (bicyclic) bond motifs is 1. The molecule has 1 aromatic heterocycles. The third-order valence-corrected chi connectivity index (χ3v) is 10.9. The van der Waals surface area contributed by atoms with Crippen LogP contribution in [0.3, 0.4) is 0 Å². The van der Waals surface area contributed by atoms with Gasteiger partial charge in [-0.1, -0.05) is 34.1 Å². The number of epoxide rings is 1. The van der Waals surface area contributed by atoms with Gasteiger partial charge in [0.2, 0.25) is 0 Å². The van der Waals surface area contributed by atoms with Crippen molar-refractivity contribution in [1.29, 1.82) is 0 Å². The highest BCUT2D eigenvalue weighted by Crippen LogP contribution is 2.36. The summed E-state index contributed by atoms with van der Waals surface area (Å²) in [6, 6.07) is 0. The number of thiazole rings is 1. The summed E-state index contributed by atoms with van der Waals surface area (Å²) in [5.41, 5.74) is -0.109. The SMILES string of the molecule is CC(=O)C(O)[C@H]1O[C@H](OCc2nc(C=C(C)[C@@H]3C[C@@H]4O[C@@H]4CCC[C@H](C)[C@H](O)[C@@H](C)C(=O)C(C)(C)[C@@H](O)CC(=O)O3)cs2)[C@H](O)[C@@H](O)[C@@H]1O. The highest BCUT2D eigenvalue weighted by molar-refractivity contribution is 7.09. The zero-order valence-corrected chi connectivity index (χ0v) is 29.6. The highest BCUT2D eigenvalue weighted by atomic mass is 32.1. The van der Waals surface area contributed by atoms with E-state index in [2.05, 4.69) is 4.98 Å². The summed E-state index contributed by atoms with van der Waals surface area (Å²) in [5, 5.41) is 64.9. The normalized spacial score (nSPS) is 38.7. The number of aliphatic hydroxyl groups excluding tert-OH is 6. The average Bonchev–Trinajstić information content (AvgIpc) is 3.63. The number of hydrogen-bond donors (Lipinski definition) is 6. The van der Waals surface area contributed by atoms with Gasteiger partial charge in [-0.2, -0.15) is 0 Å². The molecule has 0 bridgehead atoms. The van der Waals surface area contributed by atoms with Gasteiger partial charge < -0.3 is 49.6 Å². The fourth-order valence-corrected chi connectivity index (χ4v) is 7.12. The van der Waals surface area contributed by atoms with Gasteiger partial charge in [-0.25, -0.2) is 4.98 Å². The summed E-state index contributed by atoms with van der Waals surface area (Å²) >= 11 is 1.23. The van der Waals surface area contributed by atoms with Gasteiger partial charge in [-0.15, -0.1) is 11.3 Å². The Labute approximate surface area is 290 Å². The average molecular weight is 714 g/mol. The smallest absolute Gasteiger partial charge is 0.309 e. The van der Waals surface area contributed by atoms with Crippen LogP contribution in [0.2, 0.25) is 0 Å². The Morgan fingerprint density at radius 1 is 1.04 bits per heavy atom. The Balaban J connectivity index is 1.45. The number of nitrogens with zero attached hydrogens (tertiary/aromatic N) is 1. The lowest BCUT2D eigenvalue weighted by atomic mass is 9.73. The Kier molecular flexibility index (Phi) is 13.3. The minimum Gasteiger partial charge on any atom is -0.458 e. The number of hydrogen-bond acceptors (Lipinski definition) is 15. The van der Waals surface area contributed by atoms with Crippen LogP contribution in [0.1, 0.15) is 84.3 Å². The molecule has 1 aromatic rings. The largest absolute Gasteiger partial charge is 0.458 e. The van der Waals surface area contributed by atoms with Crippen LogP contribution in [0, 0.1) is 17.3 Å². The lowest BCUT2D eigenvalue weighted by molar-refractivity contribution is -0.310. The molecule has 6 N–H and O–H groups in total. The van der Waals surface area contributed by atoms with Gasteiger partial charge in [0.25, 0.3) is 0 Å². The predicted octanol–water partition coefficient (Wildman–Crippen LogP) is 1.05. The van der Waals surface area contributed by atoms with Gasteiger partial charge in [0.1, 0.15) is 54.0 Å². The van der Waals surface area contributed by atoms with Gasteiger partial charge in [0.05, 0.1) is 41.9 Å². The summed E-state index contributed by atoms with van der Waals surface area (Å²) < 4.78 is 22.8. The molecule has 3 fully saturated rings. The maximum Gasteiger partial charge on any atom is 0.309 e. The summed E-state index contributed by atoms with van der Waals surface area (Å²) in [7, 11) is 0. The molecular weight excluding hydrogens is 662 g/mol. The van der Waals surface area contributed by atoms with E-state index in [-0.39, 0.29) is 30.5 Å². The first-order valence-electron chi connectivity index (χ1n) is 16.8. The minimum atomic E-state index is -1.73. The standard InChI is InChI=1S/C34H51NO13S/c1-15-8-7-9-20-22(46-20)11-21(47-25(38)12-23(37)34(5,6)32(44)17(3)26(15)39)16(2)10-19-14-49-24(35-19)13-45-33-30(43)28(41)29(42)31(48-33)27(40)18(4)36/h10,14-15,17,20-23,26-31,33,37,39-43H,7-9,11-13H2,1-6H3/t15-,17+,20+,21-,22-,23-,26-,27?,28-,29-,30+,31+,33-/m0/s1. The van der Waals surface area contributed by atoms with E-state index in [0.29, 0.717) is 29.1 Å². The van der Waals surface area contributed by atoms with Crippen LogP contribution in [0.5, 0.6) is 0 Å². The van der Waals surface area contributed by atoms with Crippen molar-refractivity contribution in [2.24, 2.45) is 17.3 Å². The summed E-state index contributed by atoms with van der Waals surface area (Å²) in [6.07, 6.45) is -8.91. The van der Waals surface area contributed by atoms with Crippen LogP contribution in [0.25, 0.3) is 6.08 Å². The molecule has 3 aliphatic rings. The molecule has 0 radical (unpaired) electrons. The zero-order chi connectivity index (χ0) is 36.4. The molecular formula is C34H51NO13S. The van der Waals surface area contributed by atoms with E-state index >= 15 is 0 Å². The van der Waals surface area contributed by atoms with Crippen LogP contribution in [0.15, 0.2) is 11.0 Å². The van der Waals surface area contributed by atoms with E-state index < -0.39 is 84.6 Å². The van der Waals surface area contributed by atoms with Gasteiger partial charge in [0.15, 0.2) is 12.1 Å². The topological polar surface area (TPSA) is 226 Å². The maximum atomic E-state index is 13.3. The third-order valence-electron chi connectivity index (χ3n) is 10.1. The number of aromatic nitrogens is 1. The Morgan fingerprint density at radius 3 is 2.41 bits per heavy atom. The molecule has 49 heavy (non-hydrogen) atoms. The third kappa shape index (κ3) is 9.58. The van der Waals surface area contributed by atoms with Crippen molar-refractivity contribution in [1.82, 2.24) is 4.98 Å². The molecule has 1 unspecified atom stereocenters. The molecule has 3 saturated heterocycles. The van der Waals surface area contributed by atoms with E-state index in [1.54, 1.807) is 39.2 Å². The van der Waals surface area contributed by atoms with E-state index in [1.165, 1.54) is 11.3 Å². The van der Waals surface area contributed by atoms with Crippen LogP contribution in [-0.4, -0.2) is 120 Å². The molecule has 4 rings (SSSR count). The van der Waals surface area contributed by atoms with E-state index in [4.69, 9.17) is 18.9 Å². The molecule has 276 valence electrons. The van der Waals surface area contributed by atoms with Crippen LogP contribution in [0.4, 0.5) is 0 Å². The number of aliphatic hydroxyl groups is 6. The first-order valence-corrected chi connectivity index (χ1v) is 17.7. The van der Waals surface area contributed by atoms with Crippen molar-refractivity contribution in [2.45, 2.75) is 148 Å². The number of carbonyl (C=O) groups excluding carboxylic acids is 3. The predicted molar refractivity (Wildman–Crippen MR) is 175 cm³/mol. The van der Waals surface area contributed by atoms with Gasteiger partial charge in [-0.3, -0.25) is 14.4 Å². The fourth-order valence-electron chi connectivity index (χ4n) is 6.45. The number of esters is 1.